The van der Waals surface area contributed by atoms with Gasteiger partial charge in [-0.2, -0.15) is 0 Å². The van der Waals surface area contributed by atoms with Crippen molar-refractivity contribution in [1.82, 2.24) is 4.90 Å². The van der Waals surface area contributed by atoms with Crippen LogP contribution in [0, 0.1) is 17.2 Å². The first-order chi connectivity index (χ1) is 11.9. The SMILES string of the molecule is O=C(C1CC12CCC2)N1CCC(Oc2cccc(F)c2)(C(=O)O)CC1. The van der Waals surface area contributed by atoms with Crippen LogP contribution in [0.4, 0.5) is 4.39 Å². The maximum absolute atomic E-state index is 13.3. The smallest absolute Gasteiger partial charge is 0.348 e. The van der Waals surface area contributed by atoms with Gasteiger partial charge >= 0.3 is 5.97 Å². The highest BCUT2D eigenvalue weighted by Crippen LogP contribution is 2.66. The lowest BCUT2D eigenvalue weighted by molar-refractivity contribution is -0.162. The monoisotopic (exact) mass is 347 g/mol. The Morgan fingerprint density at radius 2 is 1.92 bits per heavy atom. The first kappa shape index (κ1) is 16.4. The van der Waals surface area contributed by atoms with E-state index >= 15 is 0 Å². The van der Waals surface area contributed by atoms with E-state index in [1.807, 2.05) is 0 Å². The van der Waals surface area contributed by atoms with Crippen LogP contribution in [0.25, 0.3) is 0 Å². The number of carboxylic acid groups (broad SMARTS) is 1. The zero-order valence-corrected chi connectivity index (χ0v) is 14.0. The van der Waals surface area contributed by atoms with Gasteiger partial charge in [0.15, 0.2) is 0 Å². The van der Waals surface area contributed by atoms with Crippen molar-refractivity contribution in [3.05, 3.63) is 30.1 Å². The summed E-state index contributed by atoms with van der Waals surface area (Å²) in [6.07, 6.45) is 4.94. The summed E-state index contributed by atoms with van der Waals surface area (Å²) < 4.78 is 19.0. The number of piperidine rings is 1. The number of ether oxygens (including phenoxy) is 1. The van der Waals surface area contributed by atoms with Crippen LogP contribution in [0.5, 0.6) is 5.75 Å². The largest absolute Gasteiger partial charge is 0.478 e. The van der Waals surface area contributed by atoms with E-state index in [0.29, 0.717) is 13.1 Å². The number of nitrogens with zero attached hydrogens (tertiary/aromatic N) is 1. The Kier molecular flexibility index (Phi) is 3.74. The molecule has 1 atom stereocenters. The topological polar surface area (TPSA) is 66.8 Å². The molecule has 1 spiro atoms. The number of hydrogen-bond donors (Lipinski definition) is 1. The fraction of sp³-hybridized carbons (Fsp3) is 0.579. The Morgan fingerprint density at radius 1 is 1.20 bits per heavy atom. The van der Waals surface area contributed by atoms with E-state index < -0.39 is 17.4 Å². The Hall–Kier alpha value is -2.11. The van der Waals surface area contributed by atoms with Gasteiger partial charge in [0.1, 0.15) is 11.6 Å². The lowest BCUT2D eigenvalue weighted by Crippen LogP contribution is -2.54. The maximum atomic E-state index is 13.3. The molecule has 1 aromatic rings. The number of halogens is 1. The normalized spacial score (nSPS) is 26.0. The first-order valence-corrected chi connectivity index (χ1v) is 8.91. The summed E-state index contributed by atoms with van der Waals surface area (Å²) in [5.41, 5.74) is -1.13. The number of carboxylic acids is 1. The molecule has 1 N–H and O–H groups in total. The molecule has 2 aliphatic carbocycles. The molecule has 25 heavy (non-hydrogen) atoms. The minimum Gasteiger partial charge on any atom is -0.478 e. The van der Waals surface area contributed by atoms with Crippen molar-refractivity contribution in [3.63, 3.8) is 0 Å². The molecule has 1 aromatic carbocycles. The van der Waals surface area contributed by atoms with Crippen molar-refractivity contribution in [2.75, 3.05) is 13.1 Å². The van der Waals surface area contributed by atoms with Gasteiger partial charge in [0.2, 0.25) is 11.5 Å². The molecule has 1 saturated heterocycles. The van der Waals surface area contributed by atoms with Crippen LogP contribution in [-0.4, -0.2) is 40.6 Å². The molecule has 1 amide bonds. The van der Waals surface area contributed by atoms with Crippen LogP contribution >= 0.6 is 0 Å². The van der Waals surface area contributed by atoms with Gasteiger partial charge in [-0.15, -0.1) is 0 Å². The second-order valence-corrected chi connectivity index (χ2v) is 7.66. The van der Waals surface area contributed by atoms with Crippen LogP contribution in [0.2, 0.25) is 0 Å². The van der Waals surface area contributed by atoms with Crippen LogP contribution in [0.1, 0.15) is 38.5 Å². The van der Waals surface area contributed by atoms with E-state index in [2.05, 4.69) is 0 Å². The lowest BCUT2D eigenvalue weighted by atomic mass is 9.79. The average molecular weight is 347 g/mol. The molecular formula is C19H22FNO4. The first-order valence-electron chi connectivity index (χ1n) is 8.91. The molecule has 4 rings (SSSR count). The fourth-order valence-electron chi connectivity index (χ4n) is 4.30. The molecule has 3 fully saturated rings. The molecule has 5 nitrogen and oxygen atoms in total. The summed E-state index contributed by atoms with van der Waals surface area (Å²) in [5, 5.41) is 9.67. The molecule has 3 aliphatic rings. The van der Waals surface area contributed by atoms with E-state index in [4.69, 9.17) is 4.74 Å². The molecule has 0 bridgehead atoms. The number of rotatable bonds is 4. The Labute approximate surface area is 145 Å². The van der Waals surface area contributed by atoms with Crippen LogP contribution < -0.4 is 4.74 Å². The van der Waals surface area contributed by atoms with Gasteiger partial charge in [-0.25, -0.2) is 9.18 Å². The van der Waals surface area contributed by atoms with Gasteiger partial charge in [0.05, 0.1) is 0 Å². The third-order valence-electron chi connectivity index (χ3n) is 6.22. The molecule has 134 valence electrons. The van der Waals surface area contributed by atoms with Crippen molar-refractivity contribution in [2.45, 2.75) is 44.1 Å². The number of benzene rings is 1. The van der Waals surface area contributed by atoms with Gasteiger partial charge in [0, 0.05) is 37.9 Å². The summed E-state index contributed by atoms with van der Waals surface area (Å²) in [5.74, 6) is -1.01. The third-order valence-corrected chi connectivity index (χ3v) is 6.22. The number of aliphatic carboxylic acids is 1. The molecule has 1 unspecified atom stereocenters. The standard InChI is InChI=1S/C19H22FNO4/c20-13-3-1-4-14(11-13)25-19(17(23)24)7-9-21(10-8-19)16(22)15-12-18(15)5-2-6-18/h1,3-4,11,15H,2,5-10,12H2,(H,23,24). The molecular weight excluding hydrogens is 325 g/mol. The second kappa shape index (κ2) is 5.71. The minimum atomic E-state index is -1.40. The summed E-state index contributed by atoms with van der Waals surface area (Å²) in [6.45, 7) is 0.736. The molecule has 1 heterocycles. The Balaban J connectivity index is 1.42. The maximum Gasteiger partial charge on any atom is 0.348 e. The summed E-state index contributed by atoms with van der Waals surface area (Å²) >= 11 is 0. The van der Waals surface area contributed by atoms with Crippen LogP contribution in [0.15, 0.2) is 24.3 Å². The van der Waals surface area contributed by atoms with Gasteiger partial charge in [0.25, 0.3) is 0 Å². The summed E-state index contributed by atoms with van der Waals surface area (Å²) in [7, 11) is 0. The molecule has 0 radical (unpaired) electrons. The number of hydrogen-bond acceptors (Lipinski definition) is 3. The zero-order valence-electron chi connectivity index (χ0n) is 14.0. The third kappa shape index (κ3) is 2.77. The lowest BCUT2D eigenvalue weighted by Gasteiger charge is -2.39. The van der Waals surface area contributed by atoms with E-state index in [1.54, 1.807) is 11.0 Å². The molecule has 6 heteroatoms. The minimum absolute atomic E-state index is 0.141. The Morgan fingerprint density at radius 3 is 2.44 bits per heavy atom. The summed E-state index contributed by atoms with van der Waals surface area (Å²) in [4.78, 5) is 26.3. The van der Waals surface area contributed by atoms with E-state index in [-0.39, 0.29) is 35.8 Å². The highest BCUT2D eigenvalue weighted by molar-refractivity contribution is 5.84. The van der Waals surface area contributed by atoms with Gasteiger partial charge in [-0.05, 0) is 36.8 Å². The van der Waals surface area contributed by atoms with Gasteiger partial charge in [-0.1, -0.05) is 12.5 Å². The van der Waals surface area contributed by atoms with Crippen molar-refractivity contribution in [2.24, 2.45) is 11.3 Å². The predicted octanol–water partition coefficient (Wildman–Crippen LogP) is 2.84. The Bertz CT molecular complexity index is 707. The number of amides is 1. The molecule has 2 saturated carbocycles. The number of likely N-dealkylation sites (tertiary alicyclic amines) is 1. The van der Waals surface area contributed by atoms with E-state index in [9.17, 15) is 19.1 Å². The van der Waals surface area contributed by atoms with Crippen molar-refractivity contribution in [1.29, 1.82) is 0 Å². The number of carbonyl (C=O) groups is 2. The fourth-order valence-corrected chi connectivity index (χ4v) is 4.30. The number of carbonyl (C=O) groups excluding carboxylic acids is 1. The second-order valence-electron chi connectivity index (χ2n) is 7.66. The van der Waals surface area contributed by atoms with Crippen LogP contribution in [-0.2, 0) is 9.59 Å². The zero-order chi connectivity index (χ0) is 17.7. The predicted molar refractivity (Wildman–Crippen MR) is 87.6 cm³/mol. The highest BCUT2D eigenvalue weighted by Gasteiger charge is 2.62. The molecule has 1 aliphatic heterocycles. The quantitative estimate of drug-likeness (QED) is 0.909. The van der Waals surface area contributed by atoms with Gasteiger partial charge in [-0.3, -0.25) is 4.79 Å². The van der Waals surface area contributed by atoms with Crippen molar-refractivity contribution in [3.8, 4) is 5.75 Å². The average Bonchev–Trinajstić information content (AvgIpc) is 3.31. The summed E-state index contributed by atoms with van der Waals surface area (Å²) in [6, 6.07) is 5.51. The van der Waals surface area contributed by atoms with E-state index in [0.717, 1.165) is 19.3 Å². The van der Waals surface area contributed by atoms with Gasteiger partial charge < -0.3 is 14.7 Å². The molecule has 0 aromatic heterocycles. The van der Waals surface area contributed by atoms with Crippen LogP contribution in [0.3, 0.4) is 0 Å². The van der Waals surface area contributed by atoms with Crippen molar-refractivity contribution >= 4 is 11.9 Å². The highest BCUT2D eigenvalue weighted by atomic mass is 19.1. The van der Waals surface area contributed by atoms with E-state index in [1.165, 1.54) is 24.6 Å². The van der Waals surface area contributed by atoms with Crippen molar-refractivity contribution < 1.29 is 23.8 Å².